The van der Waals surface area contributed by atoms with Gasteiger partial charge in [0.15, 0.2) is 5.82 Å². The summed E-state index contributed by atoms with van der Waals surface area (Å²) in [6.07, 6.45) is 3.70. The molecule has 0 aliphatic rings. The van der Waals surface area contributed by atoms with Gasteiger partial charge in [0.25, 0.3) is 5.89 Å². The summed E-state index contributed by atoms with van der Waals surface area (Å²) in [5.41, 5.74) is -0.944. The van der Waals surface area contributed by atoms with Crippen molar-refractivity contribution in [2.24, 2.45) is 5.92 Å². The van der Waals surface area contributed by atoms with Crippen LogP contribution in [-0.2, 0) is 22.0 Å². The normalized spacial score (nSPS) is 13.0. The molecule has 0 amide bonds. The Morgan fingerprint density at radius 1 is 1.41 bits per heavy atom. The van der Waals surface area contributed by atoms with Crippen molar-refractivity contribution in [3.8, 4) is 10.8 Å². The van der Waals surface area contributed by atoms with Gasteiger partial charge in [-0.25, -0.2) is 18.1 Å². The van der Waals surface area contributed by atoms with E-state index in [1.807, 2.05) is 0 Å². The summed E-state index contributed by atoms with van der Waals surface area (Å²) in [5, 5.41) is 4.90. The van der Waals surface area contributed by atoms with Gasteiger partial charge in [-0.15, -0.1) is 11.3 Å². The molecule has 0 radical (unpaired) electrons. The summed E-state index contributed by atoms with van der Waals surface area (Å²) in [5.74, 6) is 1.16. The van der Waals surface area contributed by atoms with Gasteiger partial charge >= 0.3 is 0 Å². The van der Waals surface area contributed by atoms with Crippen LogP contribution in [0.2, 0.25) is 0 Å². The van der Waals surface area contributed by atoms with Gasteiger partial charge in [-0.2, -0.15) is 4.98 Å². The Balaban J connectivity index is 2.22. The van der Waals surface area contributed by atoms with E-state index in [1.165, 1.54) is 11.3 Å². The maximum atomic E-state index is 11.4. The lowest BCUT2D eigenvalue weighted by Gasteiger charge is -2.20. The third kappa shape index (κ3) is 4.34. The molecule has 0 spiro atoms. The summed E-state index contributed by atoms with van der Waals surface area (Å²) < 4.78 is 30.5. The van der Waals surface area contributed by atoms with E-state index >= 15 is 0 Å². The van der Waals surface area contributed by atoms with Gasteiger partial charge in [0, 0.05) is 6.42 Å². The molecule has 2 rings (SSSR count). The Bertz CT molecular complexity index is 747. The lowest BCUT2D eigenvalue weighted by atomic mass is 10.1. The van der Waals surface area contributed by atoms with E-state index in [-0.39, 0.29) is 5.82 Å². The van der Waals surface area contributed by atoms with Crippen molar-refractivity contribution in [1.29, 1.82) is 0 Å². The molecule has 2 aromatic rings. The van der Waals surface area contributed by atoms with Crippen LogP contribution in [-0.4, -0.2) is 29.8 Å². The summed E-state index contributed by atoms with van der Waals surface area (Å²) in [6.45, 7) is 7.62. The Hall–Kier alpha value is -1.32. The van der Waals surface area contributed by atoms with E-state index in [9.17, 15) is 8.42 Å². The molecule has 9 heteroatoms. The average Bonchev–Trinajstić information content (AvgIpc) is 2.91. The minimum Gasteiger partial charge on any atom is -0.333 e. The van der Waals surface area contributed by atoms with Crippen LogP contribution in [0.4, 0.5) is 0 Å². The predicted octanol–water partition coefficient (Wildman–Crippen LogP) is 2.18. The highest BCUT2D eigenvalue weighted by atomic mass is 32.2. The summed E-state index contributed by atoms with van der Waals surface area (Å²) in [7, 11) is -3.38. The standard InChI is InChI=1S/C13H20N4O3S2/c1-8(2)6-10-14-7-9(21-10)11-15-12(16-20-11)13(3,4)17-22(5,18)19/h7-8,17H,6H2,1-5H3. The Morgan fingerprint density at radius 2 is 2.09 bits per heavy atom. The fraction of sp³-hybridized carbons (Fsp3) is 0.615. The Morgan fingerprint density at radius 3 is 2.68 bits per heavy atom. The summed E-state index contributed by atoms with van der Waals surface area (Å²) in [4.78, 5) is 9.42. The number of nitrogens with zero attached hydrogens (tertiary/aromatic N) is 3. The number of nitrogens with one attached hydrogen (secondary N) is 1. The van der Waals surface area contributed by atoms with Crippen LogP contribution >= 0.6 is 11.3 Å². The van der Waals surface area contributed by atoms with Crippen molar-refractivity contribution in [1.82, 2.24) is 19.8 Å². The van der Waals surface area contributed by atoms with Gasteiger partial charge in [0.1, 0.15) is 4.88 Å². The molecule has 0 saturated heterocycles. The molecule has 0 aliphatic carbocycles. The Kier molecular flexibility index (Phi) is 4.69. The van der Waals surface area contributed by atoms with Gasteiger partial charge in [-0.1, -0.05) is 19.0 Å². The number of hydrogen-bond donors (Lipinski definition) is 1. The van der Waals surface area contributed by atoms with Gasteiger partial charge in [0.2, 0.25) is 10.0 Å². The molecule has 0 fully saturated rings. The highest BCUT2D eigenvalue weighted by Gasteiger charge is 2.30. The number of rotatable bonds is 6. The van der Waals surface area contributed by atoms with Gasteiger partial charge < -0.3 is 4.52 Å². The molecule has 0 saturated carbocycles. The first kappa shape index (κ1) is 17.0. The lowest BCUT2D eigenvalue weighted by molar-refractivity contribution is 0.382. The van der Waals surface area contributed by atoms with E-state index in [0.717, 1.165) is 22.6 Å². The van der Waals surface area contributed by atoms with Crippen molar-refractivity contribution in [2.75, 3.05) is 6.26 Å². The molecular weight excluding hydrogens is 324 g/mol. The average molecular weight is 344 g/mol. The maximum Gasteiger partial charge on any atom is 0.269 e. The second kappa shape index (κ2) is 6.05. The first-order chi connectivity index (χ1) is 10.1. The first-order valence-corrected chi connectivity index (χ1v) is 9.56. The van der Waals surface area contributed by atoms with Crippen LogP contribution in [0, 0.1) is 5.92 Å². The van der Waals surface area contributed by atoms with E-state index < -0.39 is 15.6 Å². The molecule has 2 aromatic heterocycles. The van der Waals surface area contributed by atoms with Crippen molar-refractivity contribution in [3.05, 3.63) is 17.0 Å². The van der Waals surface area contributed by atoms with Crippen LogP contribution < -0.4 is 4.72 Å². The van der Waals surface area contributed by atoms with Crippen LogP contribution in [0.15, 0.2) is 10.7 Å². The largest absolute Gasteiger partial charge is 0.333 e. The number of thiazole rings is 1. The molecule has 0 aliphatic heterocycles. The molecule has 1 N–H and O–H groups in total. The zero-order valence-electron chi connectivity index (χ0n) is 13.2. The van der Waals surface area contributed by atoms with Crippen LogP contribution in [0.1, 0.15) is 38.5 Å². The molecule has 0 atom stereocenters. The molecule has 2 heterocycles. The Labute approximate surface area is 134 Å². The molecule has 22 heavy (non-hydrogen) atoms. The lowest BCUT2D eigenvalue weighted by Crippen LogP contribution is -2.41. The molecule has 0 unspecified atom stereocenters. The topological polar surface area (TPSA) is 98.0 Å². The fourth-order valence-corrected chi connectivity index (χ4v) is 4.01. The zero-order chi connectivity index (χ0) is 16.5. The third-order valence-corrected chi connectivity index (χ3v) is 4.66. The van der Waals surface area contributed by atoms with Gasteiger partial charge in [-0.05, 0) is 19.8 Å². The summed E-state index contributed by atoms with van der Waals surface area (Å²) >= 11 is 1.51. The van der Waals surface area contributed by atoms with Crippen molar-refractivity contribution >= 4 is 21.4 Å². The van der Waals surface area contributed by atoms with Crippen LogP contribution in [0.25, 0.3) is 10.8 Å². The molecule has 7 nitrogen and oxygen atoms in total. The predicted molar refractivity (Wildman–Crippen MR) is 85.0 cm³/mol. The quantitative estimate of drug-likeness (QED) is 0.862. The summed E-state index contributed by atoms with van der Waals surface area (Å²) in [6, 6.07) is 0. The number of sulfonamides is 1. The van der Waals surface area contributed by atoms with Gasteiger partial charge in [-0.3, -0.25) is 0 Å². The van der Waals surface area contributed by atoms with E-state index in [0.29, 0.717) is 11.8 Å². The third-order valence-electron chi connectivity index (χ3n) is 2.77. The van der Waals surface area contributed by atoms with Crippen molar-refractivity contribution in [3.63, 3.8) is 0 Å². The second-order valence-corrected chi connectivity index (χ2v) is 9.00. The van der Waals surface area contributed by atoms with E-state index in [2.05, 4.69) is 33.7 Å². The SMILES string of the molecule is CC(C)Cc1ncc(-c2nc(C(C)(C)NS(C)(=O)=O)no2)s1. The van der Waals surface area contributed by atoms with E-state index in [1.54, 1.807) is 20.0 Å². The molecule has 0 bridgehead atoms. The highest BCUT2D eigenvalue weighted by Crippen LogP contribution is 2.28. The second-order valence-electron chi connectivity index (χ2n) is 6.14. The molecule has 0 aromatic carbocycles. The first-order valence-electron chi connectivity index (χ1n) is 6.85. The number of hydrogen-bond acceptors (Lipinski definition) is 7. The minimum absolute atomic E-state index is 0.284. The fourth-order valence-electron chi connectivity index (χ4n) is 1.94. The smallest absolute Gasteiger partial charge is 0.269 e. The highest BCUT2D eigenvalue weighted by molar-refractivity contribution is 7.88. The van der Waals surface area contributed by atoms with E-state index in [4.69, 9.17) is 4.52 Å². The molecule has 122 valence electrons. The van der Waals surface area contributed by atoms with Crippen molar-refractivity contribution in [2.45, 2.75) is 39.7 Å². The number of aromatic nitrogens is 3. The monoisotopic (exact) mass is 344 g/mol. The molecular formula is C13H20N4O3S2. The van der Waals surface area contributed by atoms with Crippen molar-refractivity contribution < 1.29 is 12.9 Å². The minimum atomic E-state index is -3.38. The van der Waals surface area contributed by atoms with Gasteiger partial charge in [0.05, 0.1) is 23.0 Å². The maximum absolute atomic E-state index is 11.4. The van der Waals surface area contributed by atoms with Crippen LogP contribution in [0.5, 0.6) is 0 Å². The van der Waals surface area contributed by atoms with Crippen LogP contribution in [0.3, 0.4) is 0 Å². The zero-order valence-corrected chi connectivity index (χ0v) is 14.9.